The van der Waals surface area contributed by atoms with Crippen LogP contribution >= 0.6 is 0 Å². The molecule has 1 aromatic carbocycles. The van der Waals surface area contributed by atoms with Crippen molar-refractivity contribution in [2.45, 2.75) is 38.6 Å². The molecule has 0 aliphatic carbocycles. The maximum atomic E-state index is 5.42. The summed E-state index contributed by atoms with van der Waals surface area (Å²) in [5.74, 6) is 2.75. The molecule has 1 unspecified atom stereocenters. The van der Waals surface area contributed by atoms with Crippen molar-refractivity contribution in [1.82, 2.24) is 15.2 Å². The second-order valence-electron chi connectivity index (χ2n) is 6.08. The number of hydrogen-bond donors (Lipinski definition) is 1. The summed E-state index contributed by atoms with van der Waals surface area (Å²) >= 11 is 0. The molecular formula is C18H25N5O2. The van der Waals surface area contributed by atoms with Gasteiger partial charge in [0, 0.05) is 18.7 Å². The standard InChI is InChI=1S/C18H25N5O2/c1-4-13-7-5-6-10-23(13)18-21-17(12-19-22-18)20-15-9-8-14(24-2)11-16(15)25-3/h8-9,11-13H,4-7,10H2,1-3H3,(H,20,21,22). The first-order valence-corrected chi connectivity index (χ1v) is 8.70. The molecular weight excluding hydrogens is 318 g/mol. The first-order valence-electron chi connectivity index (χ1n) is 8.70. The van der Waals surface area contributed by atoms with Gasteiger partial charge in [-0.15, -0.1) is 5.10 Å². The van der Waals surface area contributed by atoms with Crippen LogP contribution in [0, 0.1) is 0 Å². The first-order chi connectivity index (χ1) is 12.2. The van der Waals surface area contributed by atoms with Crippen LogP contribution in [0.5, 0.6) is 11.5 Å². The topological polar surface area (TPSA) is 72.4 Å². The van der Waals surface area contributed by atoms with Crippen LogP contribution in [0.2, 0.25) is 0 Å². The number of anilines is 3. The van der Waals surface area contributed by atoms with Gasteiger partial charge < -0.3 is 19.7 Å². The van der Waals surface area contributed by atoms with Gasteiger partial charge in [-0.3, -0.25) is 0 Å². The van der Waals surface area contributed by atoms with Crippen molar-refractivity contribution in [3.63, 3.8) is 0 Å². The van der Waals surface area contributed by atoms with Crippen LogP contribution in [0.1, 0.15) is 32.6 Å². The molecule has 134 valence electrons. The molecule has 7 nitrogen and oxygen atoms in total. The third kappa shape index (κ3) is 3.92. The molecule has 1 N–H and O–H groups in total. The van der Waals surface area contributed by atoms with Crippen LogP contribution in [-0.2, 0) is 0 Å². The predicted molar refractivity (Wildman–Crippen MR) is 97.9 cm³/mol. The molecule has 0 saturated carbocycles. The molecule has 25 heavy (non-hydrogen) atoms. The van der Waals surface area contributed by atoms with Gasteiger partial charge in [0.25, 0.3) is 0 Å². The smallest absolute Gasteiger partial charge is 0.247 e. The molecule has 1 aliphatic rings. The van der Waals surface area contributed by atoms with E-state index in [1.807, 2.05) is 18.2 Å². The summed E-state index contributed by atoms with van der Waals surface area (Å²) in [6, 6.07) is 6.09. The van der Waals surface area contributed by atoms with Gasteiger partial charge >= 0.3 is 0 Å². The van der Waals surface area contributed by atoms with Crippen LogP contribution in [0.3, 0.4) is 0 Å². The molecule has 7 heteroatoms. The van der Waals surface area contributed by atoms with E-state index in [4.69, 9.17) is 9.47 Å². The van der Waals surface area contributed by atoms with E-state index >= 15 is 0 Å². The van der Waals surface area contributed by atoms with E-state index in [1.165, 1.54) is 19.3 Å². The van der Waals surface area contributed by atoms with Gasteiger partial charge in [-0.05, 0) is 37.8 Å². The van der Waals surface area contributed by atoms with Gasteiger partial charge in [0.15, 0.2) is 5.82 Å². The Morgan fingerprint density at radius 3 is 2.88 bits per heavy atom. The third-order valence-electron chi connectivity index (χ3n) is 4.57. The fourth-order valence-corrected chi connectivity index (χ4v) is 3.20. The number of ether oxygens (including phenoxy) is 2. The Bertz CT molecular complexity index is 710. The lowest BCUT2D eigenvalue weighted by molar-refractivity contribution is 0.395. The summed E-state index contributed by atoms with van der Waals surface area (Å²) in [7, 11) is 3.26. The highest BCUT2D eigenvalue weighted by atomic mass is 16.5. The monoisotopic (exact) mass is 343 g/mol. The summed E-state index contributed by atoms with van der Waals surface area (Å²) < 4.78 is 10.7. The Kier molecular flexibility index (Phi) is 5.53. The average Bonchev–Trinajstić information content (AvgIpc) is 2.68. The van der Waals surface area contributed by atoms with Crippen LogP contribution in [0.4, 0.5) is 17.5 Å². The molecule has 1 fully saturated rings. The van der Waals surface area contributed by atoms with E-state index in [0.29, 0.717) is 23.6 Å². The van der Waals surface area contributed by atoms with Gasteiger partial charge in [0.2, 0.25) is 5.95 Å². The minimum atomic E-state index is 0.487. The SMILES string of the molecule is CCC1CCCCN1c1nncc(Nc2ccc(OC)cc2OC)n1. The third-order valence-corrected chi connectivity index (χ3v) is 4.57. The van der Waals surface area contributed by atoms with Gasteiger partial charge in [0.05, 0.1) is 26.1 Å². The maximum absolute atomic E-state index is 5.42. The van der Waals surface area contributed by atoms with Crippen molar-refractivity contribution >= 4 is 17.5 Å². The quantitative estimate of drug-likeness (QED) is 0.861. The van der Waals surface area contributed by atoms with Crippen LogP contribution in [-0.4, -0.2) is 42.0 Å². The van der Waals surface area contributed by atoms with E-state index in [-0.39, 0.29) is 0 Å². The minimum Gasteiger partial charge on any atom is -0.497 e. The largest absolute Gasteiger partial charge is 0.497 e. The molecule has 3 rings (SSSR count). The average molecular weight is 343 g/mol. The Morgan fingerprint density at radius 1 is 1.24 bits per heavy atom. The van der Waals surface area contributed by atoms with Crippen molar-refractivity contribution in [2.75, 3.05) is 31.0 Å². The van der Waals surface area contributed by atoms with Crippen molar-refractivity contribution in [1.29, 1.82) is 0 Å². The summed E-state index contributed by atoms with van der Waals surface area (Å²) in [5.41, 5.74) is 0.806. The molecule has 2 heterocycles. The molecule has 1 aromatic heterocycles. The Labute approximate surface area is 148 Å². The Balaban J connectivity index is 1.82. The fourth-order valence-electron chi connectivity index (χ4n) is 3.20. The van der Waals surface area contributed by atoms with Crippen molar-refractivity contribution in [3.05, 3.63) is 24.4 Å². The number of nitrogens with one attached hydrogen (secondary N) is 1. The lowest BCUT2D eigenvalue weighted by atomic mass is 10.0. The lowest BCUT2D eigenvalue weighted by Crippen LogP contribution is -2.40. The molecule has 0 radical (unpaired) electrons. The molecule has 0 amide bonds. The zero-order valence-corrected chi connectivity index (χ0v) is 15.0. The summed E-state index contributed by atoms with van der Waals surface area (Å²) in [5, 5.41) is 11.6. The highest BCUT2D eigenvalue weighted by molar-refractivity contribution is 5.65. The number of piperidine rings is 1. The number of methoxy groups -OCH3 is 2. The lowest BCUT2D eigenvalue weighted by Gasteiger charge is -2.34. The predicted octanol–water partition coefficient (Wildman–Crippen LogP) is 3.40. The second-order valence-corrected chi connectivity index (χ2v) is 6.08. The Hall–Kier alpha value is -2.57. The highest BCUT2D eigenvalue weighted by Gasteiger charge is 2.23. The zero-order valence-electron chi connectivity index (χ0n) is 15.0. The minimum absolute atomic E-state index is 0.487. The number of aromatic nitrogens is 3. The normalized spacial score (nSPS) is 17.2. The van der Waals surface area contributed by atoms with Gasteiger partial charge in [-0.1, -0.05) is 6.92 Å². The summed E-state index contributed by atoms with van der Waals surface area (Å²) in [6.45, 7) is 3.19. The number of rotatable bonds is 6. The van der Waals surface area contributed by atoms with Crippen LogP contribution in [0.15, 0.2) is 24.4 Å². The number of nitrogens with zero attached hydrogens (tertiary/aromatic N) is 4. The first kappa shape index (κ1) is 17.3. The zero-order chi connectivity index (χ0) is 17.6. The van der Waals surface area contributed by atoms with E-state index < -0.39 is 0 Å². The van der Waals surface area contributed by atoms with Gasteiger partial charge in [0.1, 0.15) is 11.5 Å². The van der Waals surface area contributed by atoms with E-state index in [1.54, 1.807) is 20.4 Å². The van der Waals surface area contributed by atoms with Crippen LogP contribution in [0.25, 0.3) is 0 Å². The van der Waals surface area contributed by atoms with E-state index in [0.717, 1.165) is 24.4 Å². The summed E-state index contributed by atoms with van der Waals surface area (Å²) in [6.07, 6.45) is 6.34. The maximum Gasteiger partial charge on any atom is 0.247 e. The van der Waals surface area contributed by atoms with Crippen LogP contribution < -0.4 is 19.7 Å². The highest BCUT2D eigenvalue weighted by Crippen LogP contribution is 2.31. The molecule has 0 bridgehead atoms. The van der Waals surface area contributed by atoms with Gasteiger partial charge in [-0.2, -0.15) is 10.1 Å². The van der Waals surface area contributed by atoms with Crippen molar-refractivity contribution in [3.8, 4) is 11.5 Å². The van der Waals surface area contributed by atoms with E-state index in [2.05, 4.69) is 32.3 Å². The second kappa shape index (κ2) is 8.00. The molecule has 1 saturated heterocycles. The molecule has 1 atom stereocenters. The van der Waals surface area contributed by atoms with Gasteiger partial charge in [-0.25, -0.2) is 0 Å². The number of hydrogen-bond acceptors (Lipinski definition) is 7. The fraction of sp³-hybridized carbons (Fsp3) is 0.500. The molecule has 1 aliphatic heterocycles. The molecule has 2 aromatic rings. The number of benzene rings is 1. The van der Waals surface area contributed by atoms with E-state index in [9.17, 15) is 0 Å². The van der Waals surface area contributed by atoms with Crippen molar-refractivity contribution in [2.24, 2.45) is 0 Å². The Morgan fingerprint density at radius 2 is 2.12 bits per heavy atom. The summed E-state index contributed by atoms with van der Waals surface area (Å²) in [4.78, 5) is 6.93. The molecule has 0 spiro atoms. The van der Waals surface area contributed by atoms with Crippen molar-refractivity contribution < 1.29 is 9.47 Å².